The number of hydrogen-bond donors (Lipinski definition) is 2. The van der Waals surface area contributed by atoms with Crippen LogP contribution in [0.1, 0.15) is 63.3 Å². The van der Waals surface area contributed by atoms with E-state index in [0.717, 1.165) is 6.42 Å². The molecule has 0 aliphatic heterocycles. The quantitative estimate of drug-likeness (QED) is 0.883. The number of rotatable bonds is 2. The fraction of sp³-hybridized carbons (Fsp3) is 0.600. The van der Waals surface area contributed by atoms with Crippen LogP contribution >= 0.6 is 0 Å². The van der Waals surface area contributed by atoms with Gasteiger partial charge in [0.15, 0.2) is 0 Å². The van der Waals surface area contributed by atoms with Gasteiger partial charge in [-0.15, -0.1) is 0 Å². The van der Waals surface area contributed by atoms with Crippen LogP contribution in [0.15, 0.2) is 18.3 Å². The summed E-state index contributed by atoms with van der Waals surface area (Å²) in [6, 6.07) is 4.13. The van der Waals surface area contributed by atoms with Crippen molar-refractivity contribution in [1.82, 2.24) is 20.0 Å². The van der Waals surface area contributed by atoms with Gasteiger partial charge in [0.05, 0.1) is 11.2 Å². The van der Waals surface area contributed by atoms with Crippen LogP contribution in [0, 0.1) is 0 Å². The number of nitrogen functional groups attached to an aromatic ring is 1. The highest BCUT2D eigenvalue weighted by Gasteiger charge is 2.30. The normalized spacial score (nSPS) is 23.4. The van der Waals surface area contributed by atoms with Gasteiger partial charge in [0.25, 0.3) is 0 Å². The molecule has 0 spiro atoms. The van der Waals surface area contributed by atoms with Gasteiger partial charge in [-0.05, 0) is 46.1 Å². The molecule has 0 amide bonds. The zero-order valence-corrected chi connectivity index (χ0v) is 12.4. The van der Waals surface area contributed by atoms with E-state index in [2.05, 4.69) is 47.9 Å². The highest BCUT2D eigenvalue weighted by Crippen LogP contribution is 2.42. The molecule has 3 rings (SSSR count). The number of nitrogens with one attached hydrogen (secondary N) is 1. The Hall–Kier alpha value is -1.78. The lowest BCUT2D eigenvalue weighted by Crippen LogP contribution is -2.22. The molecule has 1 saturated carbocycles. The van der Waals surface area contributed by atoms with Gasteiger partial charge < -0.3 is 5.73 Å². The topological polar surface area (TPSA) is 72.5 Å². The van der Waals surface area contributed by atoms with E-state index in [-0.39, 0.29) is 5.54 Å². The molecule has 0 bridgehead atoms. The molecular weight excluding hydrogens is 250 g/mol. The Morgan fingerprint density at radius 2 is 2.05 bits per heavy atom. The molecule has 20 heavy (non-hydrogen) atoms. The third-order valence-electron chi connectivity index (χ3n) is 4.21. The van der Waals surface area contributed by atoms with Crippen molar-refractivity contribution in [3.8, 4) is 0 Å². The molecular formula is C15H23N5. The smallest absolute Gasteiger partial charge is 0.145 e. The maximum Gasteiger partial charge on any atom is 0.145 e. The van der Waals surface area contributed by atoms with Crippen LogP contribution < -0.4 is 5.73 Å². The van der Waals surface area contributed by atoms with Gasteiger partial charge in [-0.1, -0.05) is 0 Å². The minimum absolute atomic E-state index is 0.0497. The average Bonchev–Trinajstić information content (AvgIpc) is 3.06. The minimum Gasteiger partial charge on any atom is -0.382 e. The number of H-pyrrole nitrogens is 1. The Bertz CT molecular complexity index is 589. The molecule has 1 aliphatic carbocycles. The van der Waals surface area contributed by atoms with Crippen LogP contribution in [0.2, 0.25) is 0 Å². The Kier molecular flexibility index (Phi) is 3.07. The highest BCUT2D eigenvalue weighted by atomic mass is 15.3. The summed E-state index contributed by atoms with van der Waals surface area (Å²) >= 11 is 0. The molecule has 2 aromatic heterocycles. The van der Waals surface area contributed by atoms with Gasteiger partial charge in [-0.3, -0.25) is 9.78 Å². The molecule has 1 fully saturated rings. The molecule has 5 heteroatoms. The lowest BCUT2D eigenvalue weighted by atomic mass is 10.00. The number of anilines is 1. The third-order valence-corrected chi connectivity index (χ3v) is 4.21. The highest BCUT2D eigenvalue weighted by molar-refractivity contribution is 5.31. The van der Waals surface area contributed by atoms with E-state index in [9.17, 15) is 0 Å². The second-order valence-corrected chi connectivity index (χ2v) is 6.81. The summed E-state index contributed by atoms with van der Waals surface area (Å²) in [7, 11) is 0. The first-order valence-electron chi connectivity index (χ1n) is 7.30. The number of aromatic nitrogens is 4. The molecule has 2 unspecified atom stereocenters. The molecule has 0 aromatic carbocycles. The van der Waals surface area contributed by atoms with Crippen molar-refractivity contribution in [2.75, 3.05) is 5.73 Å². The molecule has 1 aliphatic rings. The Morgan fingerprint density at radius 1 is 1.30 bits per heavy atom. The number of nitrogens with zero attached hydrogens (tertiary/aromatic N) is 3. The van der Waals surface area contributed by atoms with E-state index < -0.39 is 0 Å². The summed E-state index contributed by atoms with van der Waals surface area (Å²) in [4.78, 5) is 0. The van der Waals surface area contributed by atoms with Crippen molar-refractivity contribution in [1.29, 1.82) is 0 Å². The summed E-state index contributed by atoms with van der Waals surface area (Å²) in [5.41, 5.74) is 8.12. The Labute approximate surface area is 119 Å². The predicted molar refractivity (Wildman–Crippen MR) is 79.6 cm³/mol. The van der Waals surface area contributed by atoms with Crippen LogP contribution in [0.5, 0.6) is 0 Å². The van der Waals surface area contributed by atoms with Crippen LogP contribution in [-0.4, -0.2) is 20.0 Å². The molecule has 0 saturated heterocycles. The standard InChI is InChI=1S/C15H23N5/c1-15(2,3)20-7-6-12(19-20)10-4-5-11(8-10)13-9-14(16)18-17-13/h6-7,9-11H,4-5,8H2,1-3H3,(H3,16,17,18). The Morgan fingerprint density at radius 3 is 2.65 bits per heavy atom. The lowest BCUT2D eigenvalue weighted by molar-refractivity contribution is 0.351. The van der Waals surface area contributed by atoms with E-state index in [4.69, 9.17) is 10.8 Å². The lowest BCUT2D eigenvalue weighted by Gasteiger charge is -2.19. The first kappa shape index (κ1) is 13.2. The average molecular weight is 273 g/mol. The molecule has 5 nitrogen and oxygen atoms in total. The summed E-state index contributed by atoms with van der Waals surface area (Å²) in [5.74, 6) is 1.66. The largest absolute Gasteiger partial charge is 0.382 e. The first-order chi connectivity index (χ1) is 9.43. The second-order valence-electron chi connectivity index (χ2n) is 6.81. The third kappa shape index (κ3) is 2.44. The zero-order chi connectivity index (χ0) is 14.3. The van der Waals surface area contributed by atoms with E-state index >= 15 is 0 Å². The molecule has 2 heterocycles. The maximum absolute atomic E-state index is 5.69. The molecule has 2 aromatic rings. The SMILES string of the molecule is CC(C)(C)n1ccc(C2CCC(c3cc(N)n[nH]3)C2)n1. The van der Waals surface area contributed by atoms with Crippen molar-refractivity contribution in [2.45, 2.75) is 57.4 Å². The predicted octanol–water partition coefficient (Wildman–Crippen LogP) is 2.99. The maximum atomic E-state index is 5.69. The Balaban J connectivity index is 1.72. The van der Waals surface area contributed by atoms with Crippen LogP contribution in [0.3, 0.4) is 0 Å². The summed E-state index contributed by atoms with van der Waals surface area (Å²) in [6.45, 7) is 6.53. The van der Waals surface area contributed by atoms with E-state index in [0.29, 0.717) is 17.7 Å². The van der Waals surface area contributed by atoms with Crippen LogP contribution in [0.25, 0.3) is 0 Å². The molecule has 0 radical (unpaired) electrons. The fourth-order valence-corrected chi connectivity index (χ4v) is 3.02. The van der Waals surface area contributed by atoms with Crippen LogP contribution in [-0.2, 0) is 5.54 Å². The van der Waals surface area contributed by atoms with Crippen molar-refractivity contribution in [2.24, 2.45) is 0 Å². The van der Waals surface area contributed by atoms with Crippen molar-refractivity contribution in [3.63, 3.8) is 0 Å². The monoisotopic (exact) mass is 273 g/mol. The molecule has 108 valence electrons. The summed E-state index contributed by atoms with van der Waals surface area (Å²) < 4.78 is 2.06. The van der Waals surface area contributed by atoms with Gasteiger partial charge in [0.2, 0.25) is 0 Å². The van der Waals surface area contributed by atoms with Crippen molar-refractivity contribution >= 4 is 5.82 Å². The van der Waals surface area contributed by atoms with Crippen molar-refractivity contribution < 1.29 is 0 Å². The van der Waals surface area contributed by atoms with Crippen LogP contribution in [0.4, 0.5) is 5.82 Å². The van der Waals surface area contributed by atoms with Gasteiger partial charge in [0.1, 0.15) is 5.82 Å². The van der Waals surface area contributed by atoms with Gasteiger partial charge in [-0.25, -0.2) is 0 Å². The minimum atomic E-state index is 0.0497. The van der Waals surface area contributed by atoms with E-state index in [1.807, 2.05) is 6.07 Å². The zero-order valence-electron chi connectivity index (χ0n) is 12.4. The second kappa shape index (κ2) is 4.65. The van der Waals surface area contributed by atoms with Gasteiger partial charge in [0, 0.05) is 29.8 Å². The first-order valence-corrected chi connectivity index (χ1v) is 7.30. The summed E-state index contributed by atoms with van der Waals surface area (Å²) in [6.07, 6.45) is 5.58. The van der Waals surface area contributed by atoms with Crippen molar-refractivity contribution in [3.05, 3.63) is 29.7 Å². The molecule has 3 N–H and O–H groups in total. The van der Waals surface area contributed by atoms with E-state index in [1.54, 1.807) is 0 Å². The molecule has 2 atom stereocenters. The van der Waals surface area contributed by atoms with Gasteiger partial charge >= 0.3 is 0 Å². The summed E-state index contributed by atoms with van der Waals surface area (Å²) in [5, 5.41) is 11.8. The number of nitrogens with two attached hydrogens (primary N) is 1. The number of aromatic amines is 1. The fourth-order valence-electron chi connectivity index (χ4n) is 3.02. The number of hydrogen-bond acceptors (Lipinski definition) is 3. The van der Waals surface area contributed by atoms with Gasteiger partial charge in [-0.2, -0.15) is 10.2 Å². The van der Waals surface area contributed by atoms with E-state index in [1.165, 1.54) is 24.2 Å².